The third-order valence-electron chi connectivity index (χ3n) is 2.58. The molecule has 1 rings (SSSR count). The second-order valence-corrected chi connectivity index (χ2v) is 4.89. The summed E-state index contributed by atoms with van der Waals surface area (Å²) in [7, 11) is 0. The Balaban J connectivity index is 2.77. The maximum Gasteiger partial charge on any atom is 0.234 e. The minimum Gasteiger partial charge on any atom is -0.353 e. The number of hydrogen-bond donors (Lipinski definition) is 1. The number of hydrogen-bond acceptors (Lipinski definition) is 2. The van der Waals surface area contributed by atoms with E-state index in [1.165, 1.54) is 0 Å². The van der Waals surface area contributed by atoms with Crippen LogP contribution in [0.3, 0.4) is 0 Å². The number of carbonyl (C=O) groups excluding carboxylic acids is 1. The monoisotopic (exact) mass is 296 g/mol. The van der Waals surface area contributed by atoms with Gasteiger partial charge >= 0.3 is 0 Å². The van der Waals surface area contributed by atoms with E-state index in [-0.39, 0.29) is 11.4 Å². The highest BCUT2D eigenvalue weighted by molar-refractivity contribution is 14.1. The molecule has 1 saturated heterocycles. The smallest absolute Gasteiger partial charge is 0.234 e. The number of carbonyl (C=O) groups is 1. The molecule has 4 heteroatoms. The summed E-state index contributed by atoms with van der Waals surface area (Å²) >= 11 is 2.39. The van der Waals surface area contributed by atoms with Gasteiger partial charge in [-0.05, 0) is 20.8 Å². The molecule has 1 heterocycles. The summed E-state index contributed by atoms with van der Waals surface area (Å²) < 4.78 is 1.04. The van der Waals surface area contributed by atoms with Gasteiger partial charge in [-0.2, -0.15) is 0 Å². The zero-order chi connectivity index (χ0) is 10.1. The number of amides is 1. The van der Waals surface area contributed by atoms with Crippen LogP contribution in [0.15, 0.2) is 0 Å². The molecule has 1 N–H and O–H groups in total. The molecule has 0 aromatic carbocycles. The molecule has 0 saturated carbocycles. The van der Waals surface area contributed by atoms with E-state index in [1.54, 1.807) is 0 Å². The molecule has 1 fully saturated rings. The van der Waals surface area contributed by atoms with Crippen LogP contribution >= 0.6 is 22.6 Å². The number of piperazine rings is 1. The van der Waals surface area contributed by atoms with Gasteiger partial charge in [0.25, 0.3) is 0 Å². The lowest BCUT2D eigenvalue weighted by Crippen LogP contribution is -2.64. The SMILES string of the molecule is CC(C)N1CC(=O)NC[C@]1(C)CI. The van der Waals surface area contributed by atoms with Crippen LogP contribution in [0.4, 0.5) is 0 Å². The number of halogens is 1. The minimum absolute atomic E-state index is 0.128. The zero-order valence-corrected chi connectivity index (χ0v) is 10.6. The number of rotatable bonds is 2. The Labute approximate surface area is 93.4 Å². The van der Waals surface area contributed by atoms with Gasteiger partial charge in [0, 0.05) is 22.6 Å². The maximum atomic E-state index is 11.2. The molecule has 13 heavy (non-hydrogen) atoms. The topological polar surface area (TPSA) is 32.3 Å². The van der Waals surface area contributed by atoms with Gasteiger partial charge in [0.2, 0.25) is 5.91 Å². The number of nitrogens with one attached hydrogen (secondary N) is 1. The van der Waals surface area contributed by atoms with Crippen molar-refractivity contribution in [1.82, 2.24) is 10.2 Å². The highest BCUT2D eigenvalue weighted by Crippen LogP contribution is 2.22. The Bertz CT molecular complexity index is 208. The predicted octanol–water partition coefficient (Wildman–Crippen LogP) is 1.02. The normalized spacial score (nSPS) is 30.7. The van der Waals surface area contributed by atoms with Gasteiger partial charge in [0.05, 0.1) is 6.54 Å². The van der Waals surface area contributed by atoms with Crippen molar-refractivity contribution < 1.29 is 4.79 Å². The molecule has 1 aliphatic rings. The molecule has 1 aliphatic heterocycles. The molecule has 1 amide bonds. The number of nitrogens with zero attached hydrogens (tertiary/aromatic N) is 1. The molecule has 1 atom stereocenters. The second kappa shape index (κ2) is 4.13. The molecule has 0 bridgehead atoms. The van der Waals surface area contributed by atoms with Gasteiger partial charge in [-0.25, -0.2) is 0 Å². The molecule has 0 spiro atoms. The minimum atomic E-state index is 0.128. The van der Waals surface area contributed by atoms with Crippen molar-refractivity contribution in [3.05, 3.63) is 0 Å². The molecule has 3 nitrogen and oxygen atoms in total. The first-order valence-corrected chi connectivity index (χ1v) is 6.11. The molecule has 76 valence electrons. The Kier molecular flexibility index (Phi) is 3.57. The van der Waals surface area contributed by atoms with E-state index in [1.807, 2.05) is 0 Å². The third-order valence-corrected chi connectivity index (χ3v) is 4.23. The summed E-state index contributed by atoms with van der Waals surface area (Å²) in [6.45, 7) is 7.80. The molecule has 0 aliphatic carbocycles. The highest BCUT2D eigenvalue weighted by atomic mass is 127. The summed E-state index contributed by atoms with van der Waals surface area (Å²) in [5, 5.41) is 2.92. The third kappa shape index (κ3) is 2.34. The fourth-order valence-electron chi connectivity index (χ4n) is 1.72. The van der Waals surface area contributed by atoms with E-state index in [0.29, 0.717) is 12.6 Å². The van der Waals surface area contributed by atoms with Gasteiger partial charge in [-0.1, -0.05) is 22.6 Å². The first-order chi connectivity index (χ1) is 5.99. The molecule has 0 unspecified atom stereocenters. The van der Waals surface area contributed by atoms with Gasteiger partial charge in [0.15, 0.2) is 0 Å². The Morgan fingerprint density at radius 2 is 2.31 bits per heavy atom. The van der Waals surface area contributed by atoms with Gasteiger partial charge < -0.3 is 5.32 Å². The van der Waals surface area contributed by atoms with Crippen LogP contribution in [0.2, 0.25) is 0 Å². The zero-order valence-electron chi connectivity index (χ0n) is 8.43. The van der Waals surface area contributed by atoms with Gasteiger partial charge in [-0.15, -0.1) is 0 Å². The standard InChI is InChI=1S/C9H17IN2O/c1-7(2)12-4-8(13)11-6-9(12,3)5-10/h7H,4-6H2,1-3H3,(H,11,13)/t9-/m0/s1. The molecular formula is C9H17IN2O. The van der Waals surface area contributed by atoms with Crippen LogP contribution in [-0.4, -0.2) is 39.9 Å². The van der Waals surface area contributed by atoms with Crippen molar-refractivity contribution in [1.29, 1.82) is 0 Å². The highest BCUT2D eigenvalue weighted by Gasteiger charge is 2.37. The van der Waals surface area contributed by atoms with Crippen molar-refractivity contribution >= 4 is 28.5 Å². The van der Waals surface area contributed by atoms with E-state index in [4.69, 9.17) is 0 Å². The van der Waals surface area contributed by atoms with Crippen LogP contribution in [0.25, 0.3) is 0 Å². The van der Waals surface area contributed by atoms with Crippen molar-refractivity contribution in [3.8, 4) is 0 Å². The summed E-state index contributed by atoms with van der Waals surface area (Å²) in [5.41, 5.74) is 0.128. The van der Waals surface area contributed by atoms with Crippen LogP contribution in [0.5, 0.6) is 0 Å². The molecular weight excluding hydrogens is 279 g/mol. The maximum absolute atomic E-state index is 11.2. The first-order valence-electron chi connectivity index (χ1n) is 4.59. The summed E-state index contributed by atoms with van der Waals surface area (Å²) in [6.07, 6.45) is 0. The van der Waals surface area contributed by atoms with Crippen LogP contribution < -0.4 is 5.32 Å². The Morgan fingerprint density at radius 1 is 1.69 bits per heavy atom. The van der Waals surface area contributed by atoms with E-state index in [0.717, 1.165) is 11.0 Å². The lowest BCUT2D eigenvalue weighted by molar-refractivity contribution is -0.128. The quantitative estimate of drug-likeness (QED) is 0.609. The van der Waals surface area contributed by atoms with Crippen molar-refractivity contribution in [2.24, 2.45) is 0 Å². The van der Waals surface area contributed by atoms with Crippen molar-refractivity contribution in [2.75, 3.05) is 17.5 Å². The summed E-state index contributed by atoms with van der Waals surface area (Å²) in [5.74, 6) is 0.149. The average molecular weight is 296 g/mol. The Morgan fingerprint density at radius 3 is 2.77 bits per heavy atom. The summed E-state index contributed by atoms with van der Waals surface area (Å²) in [4.78, 5) is 13.5. The fraction of sp³-hybridized carbons (Fsp3) is 0.889. The largest absolute Gasteiger partial charge is 0.353 e. The first kappa shape index (κ1) is 11.2. The van der Waals surface area contributed by atoms with Crippen LogP contribution in [0, 0.1) is 0 Å². The van der Waals surface area contributed by atoms with E-state index < -0.39 is 0 Å². The lowest BCUT2D eigenvalue weighted by atomic mass is 9.98. The van der Waals surface area contributed by atoms with Crippen molar-refractivity contribution in [2.45, 2.75) is 32.4 Å². The van der Waals surface area contributed by atoms with E-state index in [2.05, 4.69) is 53.6 Å². The van der Waals surface area contributed by atoms with Gasteiger partial charge in [0.1, 0.15) is 0 Å². The fourth-order valence-corrected chi connectivity index (χ4v) is 2.43. The van der Waals surface area contributed by atoms with Gasteiger partial charge in [-0.3, -0.25) is 9.69 Å². The van der Waals surface area contributed by atoms with Crippen molar-refractivity contribution in [3.63, 3.8) is 0 Å². The Hall–Kier alpha value is 0.160. The molecule has 0 aromatic heterocycles. The van der Waals surface area contributed by atoms with Crippen LogP contribution in [-0.2, 0) is 4.79 Å². The average Bonchev–Trinajstić information content (AvgIpc) is 2.09. The lowest BCUT2D eigenvalue weighted by Gasteiger charge is -2.45. The second-order valence-electron chi connectivity index (χ2n) is 4.13. The number of alkyl halides is 1. The van der Waals surface area contributed by atoms with Crippen LogP contribution in [0.1, 0.15) is 20.8 Å². The van der Waals surface area contributed by atoms with E-state index >= 15 is 0 Å². The molecule has 0 aromatic rings. The van der Waals surface area contributed by atoms with E-state index in [9.17, 15) is 4.79 Å². The molecule has 0 radical (unpaired) electrons. The predicted molar refractivity (Wildman–Crippen MR) is 62.1 cm³/mol. The summed E-state index contributed by atoms with van der Waals surface area (Å²) in [6, 6.07) is 0.436.